The van der Waals surface area contributed by atoms with Crippen LogP contribution in [0.3, 0.4) is 0 Å². The number of hydrogen-bond donors (Lipinski definition) is 2. The van der Waals surface area contributed by atoms with Gasteiger partial charge in [-0.15, -0.1) is 0 Å². The van der Waals surface area contributed by atoms with Crippen molar-refractivity contribution >= 4 is 28.2 Å². The van der Waals surface area contributed by atoms with Crippen LogP contribution in [0.4, 0.5) is 27.6 Å². The Kier molecular flexibility index (Phi) is 5.65. The van der Waals surface area contributed by atoms with Crippen LogP contribution in [-0.4, -0.2) is 34.0 Å². The molecule has 0 fully saturated rings. The van der Waals surface area contributed by atoms with Crippen molar-refractivity contribution in [2.24, 2.45) is 0 Å². The monoisotopic (exact) mass is 487 g/mol. The van der Waals surface area contributed by atoms with E-state index in [0.717, 1.165) is 12.1 Å². The number of fused-ring (bicyclic) bond motifs is 2. The van der Waals surface area contributed by atoms with E-state index < -0.39 is 46.8 Å². The molecule has 0 bridgehead atoms. The Morgan fingerprint density at radius 1 is 1.27 bits per heavy atom. The molecule has 1 aliphatic rings. The third-order valence-corrected chi connectivity index (χ3v) is 6.24. The molecule has 5 nitrogen and oxygen atoms in total. The van der Waals surface area contributed by atoms with E-state index in [4.69, 9.17) is 16.3 Å². The maximum atomic E-state index is 14.6. The van der Waals surface area contributed by atoms with Gasteiger partial charge in [-0.3, -0.25) is 0 Å². The molecule has 2 aromatic carbocycles. The van der Waals surface area contributed by atoms with Gasteiger partial charge in [-0.05, 0) is 43.0 Å². The second-order valence-electron chi connectivity index (χ2n) is 8.09. The Bertz CT molecular complexity index is 1250. The number of hydrogen-bond acceptors (Lipinski definition) is 5. The van der Waals surface area contributed by atoms with Crippen molar-refractivity contribution in [3.05, 3.63) is 58.0 Å². The third kappa shape index (κ3) is 3.65. The standard InChI is InChI=1S/C22H19ClF5N3O2/c1-9-7-21(32,22(26,27)28)20(11-6-13(23)17(25)19(33-3)16(9)11)31-15-5-4-14(24)18-12(15)8-29-10(2)30-18/h4-6,8-9,20,31-32H,7H2,1-3H3. The minimum absolute atomic E-state index is 0.0546. The molecule has 0 amide bonds. The van der Waals surface area contributed by atoms with E-state index in [1.165, 1.54) is 26.3 Å². The van der Waals surface area contributed by atoms with Crippen LogP contribution in [-0.2, 0) is 0 Å². The highest BCUT2D eigenvalue weighted by molar-refractivity contribution is 6.31. The molecular formula is C22H19ClF5N3O2. The van der Waals surface area contributed by atoms with Gasteiger partial charge < -0.3 is 15.2 Å². The summed E-state index contributed by atoms with van der Waals surface area (Å²) in [7, 11) is 1.18. The van der Waals surface area contributed by atoms with Crippen LogP contribution >= 0.6 is 11.6 Å². The highest BCUT2D eigenvalue weighted by Gasteiger charge is 2.62. The average Bonchev–Trinajstić information content (AvgIpc) is 2.73. The molecule has 1 heterocycles. The quantitative estimate of drug-likeness (QED) is 0.455. The lowest BCUT2D eigenvalue weighted by molar-refractivity contribution is -0.272. The number of nitrogens with zero attached hydrogens (tertiary/aromatic N) is 2. The van der Waals surface area contributed by atoms with Crippen LogP contribution in [0.1, 0.15) is 42.3 Å². The topological polar surface area (TPSA) is 67.3 Å². The summed E-state index contributed by atoms with van der Waals surface area (Å²) in [6.07, 6.45) is -4.55. The Balaban J connectivity index is 1.98. The van der Waals surface area contributed by atoms with Crippen LogP contribution in [0.5, 0.6) is 5.75 Å². The predicted molar refractivity (Wildman–Crippen MR) is 113 cm³/mol. The van der Waals surface area contributed by atoms with Crippen LogP contribution in [0, 0.1) is 18.6 Å². The first-order valence-corrected chi connectivity index (χ1v) is 10.3. The number of anilines is 1. The molecule has 4 rings (SSSR count). The number of alkyl halides is 3. The molecule has 0 aliphatic heterocycles. The largest absolute Gasteiger partial charge is 0.493 e. The maximum Gasteiger partial charge on any atom is 0.419 e. The molecular weight excluding hydrogens is 469 g/mol. The molecule has 3 unspecified atom stereocenters. The van der Waals surface area contributed by atoms with Gasteiger partial charge in [0.25, 0.3) is 0 Å². The first-order chi connectivity index (χ1) is 15.4. The van der Waals surface area contributed by atoms with Crippen molar-refractivity contribution in [3.8, 4) is 5.75 Å². The highest BCUT2D eigenvalue weighted by Crippen LogP contribution is 2.55. The molecule has 1 aliphatic carbocycles. The molecule has 0 spiro atoms. The molecule has 1 aromatic heterocycles. The molecule has 0 radical (unpaired) electrons. The molecule has 11 heteroatoms. The molecule has 2 N–H and O–H groups in total. The smallest absolute Gasteiger partial charge is 0.419 e. The Labute approximate surface area is 190 Å². The molecule has 0 saturated heterocycles. The summed E-state index contributed by atoms with van der Waals surface area (Å²) in [4.78, 5) is 8.03. The summed E-state index contributed by atoms with van der Waals surface area (Å²) >= 11 is 5.97. The molecule has 3 aromatic rings. The summed E-state index contributed by atoms with van der Waals surface area (Å²) < 4.78 is 76.7. The van der Waals surface area contributed by atoms with Gasteiger partial charge in [0.15, 0.2) is 17.2 Å². The minimum atomic E-state index is -5.06. The third-order valence-electron chi connectivity index (χ3n) is 5.96. The minimum Gasteiger partial charge on any atom is -0.493 e. The Hall–Kier alpha value is -2.72. The number of aromatic nitrogens is 2. The van der Waals surface area contributed by atoms with Gasteiger partial charge in [0, 0.05) is 22.8 Å². The Morgan fingerprint density at radius 3 is 2.61 bits per heavy atom. The number of ether oxygens (including phenoxy) is 1. The zero-order valence-electron chi connectivity index (χ0n) is 17.7. The number of benzene rings is 2. The normalized spacial score (nSPS) is 22.8. The van der Waals surface area contributed by atoms with Crippen LogP contribution in [0.2, 0.25) is 5.02 Å². The van der Waals surface area contributed by atoms with Crippen molar-refractivity contribution in [2.45, 2.75) is 44.0 Å². The number of aliphatic hydroxyl groups is 1. The lowest BCUT2D eigenvalue weighted by atomic mass is 9.70. The molecule has 3 atom stereocenters. The highest BCUT2D eigenvalue weighted by atomic mass is 35.5. The zero-order valence-corrected chi connectivity index (χ0v) is 18.4. The van der Waals surface area contributed by atoms with E-state index >= 15 is 0 Å². The van der Waals surface area contributed by atoms with Gasteiger partial charge in [0.1, 0.15) is 17.2 Å². The number of halogens is 6. The first kappa shape index (κ1) is 23.4. The van der Waals surface area contributed by atoms with Crippen molar-refractivity contribution in [2.75, 3.05) is 12.4 Å². The van der Waals surface area contributed by atoms with Crippen LogP contribution in [0.15, 0.2) is 24.4 Å². The number of methoxy groups -OCH3 is 1. The number of aryl methyl sites for hydroxylation is 1. The van der Waals surface area contributed by atoms with E-state index in [2.05, 4.69) is 15.3 Å². The molecule has 33 heavy (non-hydrogen) atoms. The molecule has 176 valence electrons. The van der Waals surface area contributed by atoms with Crippen molar-refractivity contribution in [3.63, 3.8) is 0 Å². The second kappa shape index (κ2) is 7.95. The van der Waals surface area contributed by atoms with Gasteiger partial charge in [0.05, 0.1) is 18.2 Å². The van der Waals surface area contributed by atoms with Gasteiger partial charge >= 0.3 is 6.18 Å². The second-order valence-corrected chi connectivity index (χ2v) is 8.49. The van der Waals surface area contributed by atoms with Crippen molar-refractivity contribution in [1.29, 1.82) is 0 Å². The van der Waals surface area contributed by atoms with E-state index in [-0.39, 0.29) is 39.3 Å². The van der Waals surface area contributed by atoms with Gasteiger partial charge in [-0.2, -0.15) is 13.2 Å². The number of rotatable bonds is 3. The van der Waals surface area contributed by atoms with E-state index in [0.29, 0.717) is 0 Å². The maximum absolute atomic E-state index is 14.6. The average molecular weight is 488 g/mol. The lowest BCUT2D eigenvalue weighted by Gasteiger charge is -2.45. The Morgan fingerprint density at radius 2 is 1.97 bits per heavy atom. The fourth-order valence-electron chi connectivity index (χ4n) is 4.46. The fraction of sp³-hybridized carbons (Fsp3) is 0.364. The lowest BCUT2D eigenvalue weighted by Crippen LogP contribution is -2.55. The molecule has 0 saturated carbocycles. The van der Waals surface area contributed by atoms with Gasteiger partial charge in [-0.1, -0.05) is 18.5 Å². The van der Waals surface area contributed by atoms with Crippen LogP contribution < -0.4 is 10.1 Å². The van der Waals surface area contributed by atoms with E-state index in [1.54, 1.807) is 6.92 Å². The van der Waals surface area contributed by atoms with Gasteiger partial charge in [-0.25, -0.2) is 18.7 Å². The van der Waals surface area contributed by atoms with E-state index in [1.807, 2.05) is 0 Å². The summed E-state index contributed by atoms with van der Waals surface area (Å²) in [5, 5.41) is 13.3. The zero-order chi connectivity index (χ0) is 24.3. The SMILES string of the molecule is COc1c(F)c(Cl)cc2c1C(C)CC(O)(C(F)(F)F)C2Nc1ccc(F)c2nc(C)ncc12. The number of nitrogens with one attached hydrogen (secondary N) is 1. The summed E-state index contributed by atoms with van der Waals surface area (Å²) in [6, 6.07) is 1.51. The summed E-state index contributed by atoms with van der Waals surface area (Å²) in [5.41, 5.74) is -3.22. The summed E-state index contributed by atoms with van der Waals surface area (Å²) in [6.45, 7) is 2.98. The predicted octanol–water partition coefficient (Wildman–Crippen LogP) is 5.83. The van der Waals surface area contributed by atoms with Crippen LogP contribution in [0.25, 0.3) is 10.9 Å². The van der Waals surface area contributed by atoms with E-state index in [9.17, 15) is 27.1 Å². The first-order valence-electron chi connectivity index (χ1n) is 9.92. The van der Waals surface area contributed by atoms with Crippen molar-refractivity contribution in [1.82, 2.24) is 9.97 Å². The summed E-state index contributed by atoms with van der Waals surface area (Å²) in [5.74, 6) is -2.52. The fourth-order valence-corrected chi connectivity index (χ4v) is 4.66. The van der Waals surface area contributed by atoms with Crippen molar-refractivity contribution < 1.29 is 31.8 Å². The van der Waals surface area contributed by atoms with Gasteiger partial charge in [0.2, 0.25) is 0 Å².